The molecule has 32 heavy (non-hydrogen) atoms. The molecule has 0 saturated carbocycles. The number of carbonyl (C=O) groups is 1. The van der Waals surface area contributed by atoms with Crippen LogP contribution in [0.15, 0.2) is 59.6 Å². The minimum atomic E-state index is -4.76. The SMILES string of the molecule is Cc1cc(F)ccc1Oc1ncc(C(F)(F)F)cc1C(=O)Nc1cccc([S@](C)(=N)=O)c1. The Labute approximate surface area is 181 Å². The number of hydrogen-bond acceptors (Lipinski definition) is 5. The van der Waals surface area contributed by atoms with Crippen LogP contribution in [0.5, 0.6) is 11.6 Å². The maximum atomic E-state index is 13.3. The molecule has 11 heteroatoms. The minimum Gasteiger partial charge on any atom is -0.438 e. The fourth-order valence-electron chi connectivity index (χ4n) is 2.70. The molecule has 2 N–H and O–H groups in total. The van der Waals surface area contributed by atoms with Crippen LogP contribution >= 0.6 is 0 Å². The standard InChI is InChI=1S/C21H17F4N3O3S/c1-12-8-14(22)6-7-18(12)31-20-17(9-13(11-27-20)21(23,24)25)19(29)28-15-4-3-5-16(10-15)32(2,26)30/h3-11,26H,1-2H3,(H,28,29)/t32-/m1/s1. The highest BCUT2D eigenvalue weighted by Gasteiger charge is 2.33. The summed E-state index contributed by atoms with van der Waals surface area (Å²) in [5.41, 5.74) is -1.21. The third-order valence-corrected chi connectivity index (χ3v) is 5.46. The summed E-state index contributed by atoms with van der Waals surface area (Å²) in [4.78, 5) is 16.6. The van der Waals surface area contributed by atoms with E-state index in [0.29, 0.717) is 17.8 Å². The highest BCUT2D eigenvalue weighted by atomic mass is 32.2. The van der Waals surface area contributed by atoms with Gasteiger partial charge in [-0.1, -0.05) is 6.07 Å². The summed E-state index contributed by atoms with van der Waals surface area (Å²) in [6.45, 7) is 1.52. The van der Waals surface area contributed by atoms with Gasteiger partial charge >= 0.3 is 6.18 Å². The zero-order chi connectivity index (χ0) is 23.7. The molecule has 0 aliphatic rings. The second-order valence-corrected chi connectivity index (χ2v) is 9.07. The van der Waals surface area contributed by atoms with Crippen molar-refractivity contribution in [2.45, 2.75) is 18.0 Å². The lowest BCUT2D eigenvalue weighted by atomic mass is 10.1. The molecule has 3 aromatic rings. The Balaban J connectivity index is 2.01. The highest BCUT2D eigenvalue weighted by Crippen LogP contribution is 2.33. The first kappa shape index (κ1) is 23.2. The van der Waals surface area contributed by atoms with Crippen LogP contribution < -0.4 is 10.1 Å². The summed E-state index contributed by atoms with van der Waals surface area (Å²) in [6, 6.07) is 9.72. The number of ether oxygens (including phenoxy) is 1. The van der Waals surface area contributed by atoms with E-state index in [9.17, 15) is 26.6 Å². The number of alkyl halides is 3. The highest BCUT2D eigenvalue weighted by molar-refractivity contribution is 7.91. The van der Waals surface area contributed by atoms with Crippen LogP contribution in [0, 0.1) is 17.5 Å². The summed E-state index contributed by atoms with van der Waals surface area (Å²) < 4.78 is 78.0. The summed E-state index contributed by atoms with van der Waals surface area (Å²) in [5, 5.41) is 2.40. The lowest BCUT2D eigenvalue weighted by Crippen LogP contribution is -2.16. The number of nitrogens with one attached hydrogen (secondary N) is 2. The lowest BCUT2D eigenvalue weighted by Gasteiger charge is -2.15. The predicted molar refractivity (Wildman–Crippen MR) is 110 cm³/mol. The largest absolute Gasteiger partial charge is 0.438 e. The molecule has 1 amide bonds. The molecule has 0 aliphatic carbocycles. The molecule has 0 unspecified atom stereocenters. The van der Waals surface area contributed by atoms with Gasteiger partial charge in [-0.05, 0) is 55.0 Å². The predicted octanol–water partition coefficient (Wildman–Crippen LogP) is 5.63. The van der Waals surface area contributed by atoms with E-state index in [1.807, 2.05) is 0 Å². The molecule has 1 heterocycles. The maximum Gasteiger partial charge on any atom is 0.417 e. The monoisotopic (exact) mass is 467 g/mol. The third kappa shape index (κ3) is 5.41. The molecule has 1 aromatic heterocycles. The van der Waals surface area contributed by atoms with Crippen molar-refractivity contribution in [1.82, 2.24) is 4.98 Å². The van der Waals surface area contributed by atoms with Crippen LogP contribution in [0.4, 0.5) is 23.2 Å². The molecule has 0 radical (unpaired) electrons. The Morgan fingerprint density at radius 2 is 1.88 bits per heavy atom. The zero-order valence-electron chi connectivity index (χ0n) is 16.8. The Morgan fingerprint density at radius 1 is 1.16 bits per heavy atom. The van der Waals surface area contributed by atoms with Gasteiger partial charge in [0.05, 0.1) is 15.3 Å². The van der Waals surface area contributed by atoms with E-state index in [-0.39, 0.29) is 16.3 Å². The molecule has 0 bridgehead atoms. The van der Waals surface area contributed by atoms with Crippen molar-refractivity contribution in [2.75, 3.05) is 11.6 Å². The van der Waals surface area contributed by atoms with Crippen molar-refractivity contribution in [2.24, 2.45) is 0 Å². The number of aryl methyl sites for hydroxylation is 1. The Hall–Kier alpha value is -3.47. The first-order chi connectivity index (χ1) is 14.8. The van der Waals surface area contributed by atoms with Crippen LogP contribution in [-0.2, 0) is 15.9 Å². The maximum absolute atomic E-state index is 13.3. The Bertz CT molecular complexity index is 1290. The van der Waals surface area contributed by atoms with Gasteiger partial charge in [-0.15, -0.1) is 0 Å². The summed E-state index contributed by atoms with van der Waals surface area (Å²) in [6.07, 6.45) is -3.04. The van der Waals surface area contributed by atoms with E-state index in [4.69, 9.17) is 9.52 Å². The van der Waals surface area contributed by atoms with E-state index in [1.165, 1.54) is 43.5 Å². The topological polar surface area (TPSA) is 92.1 Å². The minimum absolute atomic E-state index is 0.106. The van der Waals surface area contributed by atoms with Crippen LogP contribution in [0.1, 0.15) is 21.5 Å². The van der Waals surface area contributed by atoms with E-state index in [1.54, 1.807) is 0 Å². The van der Waals surface area contributed by atoms with Gasteiger partial charge in [-0.2, -0.15) is 13.2 Å². The fourth-order valence-corrected chi connectivity index (χ4v) is 3.39. The van der Waals surface area contributed by atoms with Gasteiger partial charge in [0.25, 0.3) is 5.91 Å². The third-order valence-electron chi connectivity index (χ3n) is 4.31. The number of aromatic nitrogens is 1. The van der Waals surface area contributed by atoms with Crippen molar-refractivity contribution in [3.63, 3.8) is 0 Å². The van der Waals surface area contributed by atoms with Crippen molar-refractivity contribution in [3.8, 4) is 11.6 Å². The Kier molecular flexibility index (Phi) is 6.22. The summed E-state index contributed by atoms with van der Waals surface area (Å²) in [5.74, 6) is -1.81. The van der Waals surface area contributed by atoms with Gasteiger partial charge in [0, 0.05) is 23.0 Å². The number of anilines is 1. The lowest BCUT2D eigenvalue weighted by molar-refractivity contribution is -0.137. The van der Waals surface area contributed by atoms with E-state index in [0.717, 1.165) is 12.1 Å². The Morgan fingerprint density at radius 3 is 2.50 bits per heavy atom. The molecule has 2 aromatic carbocycles. The average Bonchev–Trinajstić information content (AvgIpc) is 2.69. The number of rotatable bonds is 5. The molecule has 6 nitrogen and oxygen atoms in total. The van der Waals surface area contributed by atoms with Gasteiger partial charge in [0.15, 0.2) is 0 Å². The van der Waals surface area contributed by atoms with Crippen LogP contribution in [0.25, 0.3) is 0 Å². The number of benzene rings is 2. The number of hydrogen-bond donors (Lipinski definition) is 2. The summed E-state index contributed by atoms with van der Waals surface area (Å²) in [7, 11) is -3.08. The number of amides is 1. The normalized spacial score (nSPS) is 13.3. The quantitative estimate of drug-likeness (QED) is 0.476. The molecule has 0 aliphatic heterocycles. The van der Waals surface area contributed by atoms with Gasteiger partial charge < -0.3 is 10.1 Å². The molecule has 1 atom stereocenters. The second kappa shape index (κ2) is 8.58. The first-order valence-electron chi connectivity index (χ1n) is 9.01. The molecular formula is C21H17F4N3O3S. The molecule has 0 fully saturated rings. The van der Waals surface area contributed by atoms with Crippen LogP contribution in [0.3, 0.4) is 0 Å². The molecule has 0 saturated heterocycles. The number of pyridine rings is 1. The van der Waals surface area contributed by atoms with Gasteiger partial charge in [-0.3, -0.25) is 4.79 Å². The van der Waals surface area contributed by atoms with Gasteiger partial charge in [0.2, 0.25) is 5.88 Å². The molecule has 3 rings (SSSR count). The van der Waals surface area contributed by atoms with E-state index >= 15 is 0 Å². The van der Waals surface area contributed by atoms with E-state index < -0.39 is 44.6 Å². The van der Waals surface area contributed by atoms with E-state index in [2.05, 4.69) is 10.3 Å². The molecule has 0 spiro atoms. The van der Waals surface area contributed by atoms with Crippen molar-refractivity contribution < 1.29 is 31.3 Å². The second-order valence-electron chi connectivity index (χ2n) is 6.91. The van der Waals surface area contributed by atoms with Gasteiger partial charge in [0.1, 0.15) is 17.1 Å². The van der Waals surface area contributed by atoms with Crippen molar-refractivity contribution >= 4 is 21.3 Å². The van der Waals surface area contributed by atoms with Crippen molar-refractivity contribution in [3.05, 3.63) is 77.2 Å². The molecular weight excluding hydrogens is 450 g/mol. The fraction of sp³-hybridized carbons (Fsp3) is 0.143. The number of halogens is 4. The van der Waals surface area contributed by atoms with Crippen LogP contribution in [-0.4, -0.2) is 21.4 Å². The summed E-state index contributed by atoms with van der Waals surface area (Å²) >= 11 is 0. The number of nitrogens with zero attached hydrogens (tertiary/aromatic N) is 1. The van der Waals surface area contributed by atoms with Gasteiger partial charge in [-0.25, -0.2) is 18.4 Å². The smallest absolute Gasteiger partial charge is 0.417 e. The first-order valence-corrected chi connectivity index (χ1v) is 11.0. The average molecular weight is 467 g/mol. The number of carbonyl (C=O) groups excluding carboxylic acids is 1. The molecule has 168 valence electrons. The van der Waals surface area contributed by atoms with Crippen LogP contribution in [0.2, 0.25) is 0 Å². The van der Waals surface area contributed by atoms with Crippen molar-refractivity contribution in [1.29, 1.82) is 4.78 Å². The zero-order valence-corrected chi connectivity index (χ0v) is 17.6.